The van der Waals surface area contributed by atoms with Crippen molar-refractivity contribution in [3.05, 3.63) is 93.0 Å². The number of H-pyrrole nitrogens is 1. The number of aromatic nitrogens is 5. The number of nitrogens with one attached hydrogen (secondary N) is 2. The normalized spacial score (nSPS) is 11.8. The minimum absolute atomic E-state index is 0.258. The van der Waals surface area contributed by atoms with Crippen LogP contribution in [0.3, 0.4) is 0 Å². The van der Waals surface area contributed by atoms with Crippen molar-refractivity contribution in [2.45, 2.75) is 19.4 Å². The molecule has 0 fully saturated rings. The van der Waals surface area contributed by atoms with E-state index in [0.29, 0.717) is 34.2 Å². The molecule has 1 amide bonds. The van der Waals surface area contributed by atoms with E-state index in [1.807, 2.05) is 36.4 Å². The number of rotatable bonds is 6. The van der Waals surface area contributed by atoms with Gasteiger partial charge < -0.3 is 10.3 Å². The van der Waals surface area contributed by atoms with E-state index in [-0.39, 0.29) is 17.5 Å². The summed E-state index contributed by atoms with van der Waals surface area (Å²) in [4.78, 5) is 37.0. The van der Waals surface area contributed by atoms with Crippen LogP contribution in [0.1, 0.15) is 32.7 Å². The molecule has 0 aliphatic heterocycles. The third-order valence-electron chi connectivity index (χ3n) is 4.48. The number of aromatic amines is 1. The number of carbonyl (C=O) groups is 1. The minimum atomic E-state index is -0.383. The fraction of sp³-hybridized carbons (Fsp3) is 0.143. The van der Waals surface area contributed by atoms with Gasteiger partial charge in [-0.1, -0.05) is 40.9 Å². The maximum atomic E-state index is 12.8. The van der Waals surface area contributed by atoms with Crippen molar-refractivity contribution in [3.63, 3.8) is 0 Å². The van der Waals surface area contributed by atoms with Gasteiger partial charge in [0.15, 0.2) is 5.82 Å². The Hall–Kier alpha value is -3.72. The standard InChI is InChI=1S/C21H18N6O2S/c1-13-19(30-27-26-13)21(29)24-17(14-7-3-2-4-8-14)11-15-12-18(28)25-20(23-15)16-9-5-6-10-22-16/h2-10,12,17H,11H2,1H3,(H,24,29)(H,23,25,28)/t17-/m0/s1. The van der Waals surface area contributed by atoms with Crippen molar-refractivity contribution in [2.24, 2.45) is 0 Å². The van der Waals surface area contributed by atoms with Crippen LogP contribution in [0.15, 0.2) is 65.6 Å². The molecule has 1 atom stereocenters. The van der Waals surface area contributed by atoms with Gasteiger partial charge in [0.2, 0.25) is 0 Å². The van der Waals surface area contributed by atoms with E-state index in [9.17, 15) is 9.59 Å². The third-order valence-corrected chi connectivity index (χ3v) is 5.31. The summed E-state index contributed by atoms with van der Waals surface area (Å²) < 4.78 is 3.83. The Kier molecular flexibility index (Phi) is 5.71. The lowest BCUT2D eigenvalue weighted by Gasteiger charge is -2.19. The van der Waals surface area contributed by atoms with Crippen LogP contribution >= 0.6 is 11.5 Å². The van der Waals surface area contributed by atoms with Crippen molar-refractivity contribution in [1.29, 1.82) is 0 Å². The highest BCUT2D eigenvalue weighted by molar-refractivity contribution is 7.08. The molecule has 150 valence electrons. The topological polar surface area (TPSA) is 114 Å². The van der Waals surface area contributed by atoms with Crippen LogP contribution in [0.5, 0.6) is 0 Å². The van der Waals surface area contributed by atoms with E-state index in [1.165, 1.54) is 6.07 Å². The molecule has 30 heavy (non-hydrogen) atoms. The number of carbonyl (C=O) groups excluding carboxylic acids is 1. The van der Waals surface area contributed by atoms with Crippen LogP contribution in [0.2, 0.25) is 0 Å². The lowest BCUT2D eigenvalue weighted by Crippen LogP contribution is -2.30. The Morgan fingerprint density at radius 2 is 1.97 bits per heavy atom. The van der Waals surface area contributed by atoms with Crippen LogP contribution < -0.4 is 10.9 Å². The van der Waals surface area contributed by atoms with E-state index in [1.54, 1.807) is 25.3 Å². The summed E-state index contributed by atoms with van der Waals surface area (Å²) >= 11 is 1.05. The van der Waals surface area contributed by atoms with E-state index in [2.05, 4.69) is 29.9 Å². The summed E-state index contributed by atoms with van der Waals surface area (Å²) in [5, 5.41) is 6.93. The van der Waals surface area contributed by atoms with Crippen molar-refractivity contribution in [2.75, 3.05) is 0 Å². The van der Waals surface area contributed by atoms with Gasteiger partial charge >= 0.3 is 0 Å². The molecule has 0 spiro atoms. The highest BCUT2D eigenvalue weighted by Crippen LogP contribution is 2.20. The Balaban J connectivity index is 1.65. The molecule has 0 radical (unpaired) electrons. The number of pyridine rings is 1. The molecule has 2 N–H and O–H groups in total. The molecule has 4 rings (SSSR count). The molecule has 0 unspecified atom stereocenters. The number of hydrogen-bond acceptors (Lipinski definition) is 7. The van der Waals surface area contributed by atoms with Crippen LogP contribution in [-0.4, -0.2) is 30.4 Å². The molecule has 9 heteroatoms. The molecule has 0 bridgehead atoms. The Labute approximate surface area is 176 Å². The highest BCUT2D eigenvalue weighted by Gasteiger charge is 2.21. The zero-order valence-corrected chi connectivity index (χ0v) is 16.9. The summed E-state index contributed by atoms with van der Waals surface area (Å²) in [7, 11) is 0. The second kappa shape index (κ2) is 8.75. The van der Waals surface area contributed by atoms with Crippen LogP contribution in [0, 0.1) is 6.92 Å². The van der Waals surface area contributed by atoms with Gasteiger partial charge in [0, 0.05) is 18.7 Å². The van der Waals surface area contributed by atoms with Gasteiger partial charge in [-0.15, -0.1) is 5.10 Å². The van der Waals surface area contributed by atoms with Crippen molar-refractivity contribution >= 4 is 17.4 Å². The Morgan fingerprint density at radius 1 is 1.17 bits per heavy atom. The molecule has 0 saturated heterocycles. The maximum Gasteiger partial charge on any atom is 0.265 e. The first-order valence-corrected chi connectivity index (χ1v) is 10.0. The number of amides is 1. The molecule has 0 saturated carbocycles. The van der Waals surface area contributed by atoms with Gasteiger partial charge in [0.1, 0.15) is 10.6 Å². The van der Waals surface area contributed by atoms with Crippen molar-refractivity contribution < 1.29 is 4.79 Å². The van der Waals surface area contributed by atoms with Gasteiger partial charge in [0.25, 0.3) is 11.5 Å². The number of hydrogen-bond donors (Lipinski definition) is 2. The SMILES string of the molecule is Cc1nnsc1C(=O)N[C@@H](Cc1cc(=O)[nH]c(-c2ccccn2)n1)c1ccccc1. The lowest BCUT2D eigenvalue weighted by atomic mass is 10.0. The molecule has 1 aromatic carbocycles. The third kappa shape index (κ3) is 4.47. The second-order valence-electron chi connectivity index (χ2n) is 6.63. The quantitative estimate of drug-likeness (QED) is 0.498. The van der Waals surface area contributed by atoms with Gasteiger partial charge in [-0.25, -0.2) is 4.98 Å². The largest absolute Gasteiger partial charge is 0.344 e. The van der Waals surface area contributed by atoms with E-state index < -0.39 is 0 Å². The smallest absolute Gasteiger partial charge is 0.265 e. The van der Waals surface area contributed by atoms with Crippen molar-refractivity contribution in [3.8, 4) is 11.5 Å². The molecule has 0 aliphatic carbocycles. The summed E-state index contributed by atoms with van der Waals surface area (Å²) in [6, 6.07) is 16.0. The molecule has 3 aromatic heterocycles. The van der Waals surface area contributed by atoms with Gasteiger partial charge in [-0.2, -0.15) is 0 Å². The van der Waals surface area contributed by atoms with Gasteiger partial charge in [-0.3, -0.25) is 14.6 Å². The molecule has 8 nitrogen and oxygen atoms in total. The highest BCUT2D eigenvalue weighted by atomic mass is 32.1. The summed E-state index contributed by atoms with van der Waals surface area (Å²) in [6.45, 7) is 1.74. The first-order valence-electron chi connectivity index (χ1n) is 9.26. The van der Waals surface area contributed by atoms with Crippen molar-refractivity contribution in [1.82, 2.24) is 29.9 Å². The molecule has 4 aromatic rings. The zero-order chi connectivity index (χ0) is 20.9. The summed E-state index contributed by atoms with van der Waals surface area (Å²) in [5.74, 6) is 0.130. The number of benzene rings is 1. The summed E-state index contributed by atoms with van der Waals surface area (Å²) in [6.07, 6.45) is 1.98. The molecule has 3 heterocycles. The fourth-order valence-corrected chi connectivity index (χ4v) is 3.61. The van der Waals surface area contributed by atoms with E-state index >= 15 is 0 Å². The van der Waals surface area contributed by atoms with E-state index in [0.717, 1.165) is 17.1 Å². The first-order chi connectivity index (χ1) is 14.6. The predicted octanol–water partition coefficient (Wildman–Crippen LogP) is 2.71. The number of nitrogens with zero attached hydrogens (tertiary/aromatic N) is 4. The lowest BCUT2D eigenvalue weighted by molar-refractivity contribution is 0.0939. The fourth-order valence-electron chi connectivity index (χ4n) is 3.05. The maximum absolute atomic E-state index is 12.8. The minimum Gasteiger partial charge on any atom is -0.344 e. The molecular weight excluding hydrogens is 400 g/mol. The Bertz CT molecular complexity index is 1210. The van der Waals surface area contributed by atoms with Crippen LogP contribution in [0.4, 0.5) is 0 Å². The zero-order valence-electron chi connectivity index (χ0n) is 16.1. The summed E-state index contributed by atoms with van der Waals surface area (Å²) in [5.41, 5.74) is 2.33. The number of aryl methyl sites for hydroxylation is 1. The average molecular weight is 418 g/mol. The second-order valence-corrected chi connectivity index (χ2v) is 7.38. The van der Waals surface area contributed by atoms with Gasteiger partial charge in [0.05, 0.1) is 17.4 Å². The van der Waals surface area contributed by atoms with Crippen LogP contribution in [-0.2, 0) is 6.42 Å². The average Bonchev–Trinajstić information content (AvgIpc) is 3.20. The monoisotopic (exact) mass is 418 g/mol. The van der Waals surface area contributed by atoms with E-state index in [4.69, 9.17) is 0 Å². The van der Waals surface area contributed by atoms with Gasteiger partial charge in [-0.05, 0) is 36.2 Å². The Morgan fingerprint density at radius 3 is 2.67 bits per heavy atom. The predicted molar refractivity (Wildman–Crippen MR) is 113 cm³/mol. The molecular formula is C21H18N6O2S. The molecule has 0 aliphatic rings. The first kappa shape index (κ1) is 19.6. The van der Waals surface area contributed by atoms with Crippen LogP contribution in [0.25, 0.3) is 11.5 Å².